The predicted octanol–water partition coefficient (Wildman–Crippen LogP) is 2.93. The maximum absolute atomic E-state index is 11.8. The highest BCUT2D eigenvalue weighted by Gasteiger charge is 2.22. The summed E-state index contributed by atoms with van der Waals surface area (Å²) >= 11 is 0. The Hall–Kier alpha value is -1.51. The molecule has 1 saturated carbocycles. The number of hydrogen-bond donors (Lipinski definition) is 1. The lowest BCUT2D eigenvalue weighted by molar-refractivity contribution is -0.123. The van der Waals surface area contributed by atoms with Crippen molar-refractivity contribution in [1.29, 1.82) is 0 Å². The molecule has 1 fully saturated rings. The highest BCUT2D eigenvalue weighted by Crippen LogP contribution is 2.24. The normalized spacial score (nSPS) is 22.2. The monoisotopic (exact) mass is 261 g/mol. The molecule has 3 nitrogen and oxygen atoms in total. The lowest BCUT2D eigenvalue weighted by Gasteiger charge is -2.13. The maximum Gasteiger partial charge on any atom is 0.258 e. The molecule has 2 unspecified atom stereocenters. The first-order valence-corrected chi connectivity index (χ1v) is 7.18. The van der Waals surface area contributed by atoms with E-state index in [-0.39, 0.29) is 12.5 Å². The minimum absolute atomic E-state index is 0.0151. The fourth-order valence-corrected chi connectivity index (χ4v) is 2.58. The van der Waals surface area contributed by atoms with Crippen LogP contribution in [0.15, 0.2) is 24.3 Å². The maximum atomic E-state index is 11.8. The highest BCUT2D eigenvalue weighted by molar-refractivity contribution is 5.77. The molecule has 1 amide bonds. The first-order valence-electron chi connectivity index (χ1n) is 7.18. The average molecular weight is 261 g/mol. The van der Waals surface area contributed by atoms with Crippen molar-refractivity contribution in [2.75, 3.05) is 6.61 Å². The molecule has 1 aromatic carbocycles. The van der Waals surface area contributed by atoms with Crippen LogP contribution in [0.2, 0.25) is 0 Å². The first kappa shape index (κ1) is 13.9. The van der Waals surface area contributed by atoms with E-state index in [0.29, 0.717) is 6.04 Å². The lowest BCUT2D eigenvalue weighted by atomic mass is 10.1. The fraction of sp³-hybridized carbons (Fsp3) is 0.562. The number of carbonyl (C=O) groups is 1. The van der Waals surface area contributed by atoms with Gasteiger partial charge in [0.2, 0.25) is 0 Å². The summed E-state index contributed by atoms with van der Waals surface area (Å²) in [6.07, 6.45) is 4.42. The largest absolute Gasteiger partial charge is 0.484 e. The molecule has 3 heteroatoms. The second-order valence-electron chi connectivity index (χ2n) is 5.47. The third-order valence-corrected chi connectivity index (χ3v) is 3.76. The van der Waals surface area contributed by atoms with Crippen LogP contribution in [-0.4, -0.2) is 18.6 Å². The molecule has 19 heavy (non-hydrogen) atoms. The summed E-state index contributed by atoms with van der Waals surface area (Å²) in [6.45, 7) is 4.46. The van der Waals surface area contributed by atoms with Gasteiger partial charge in [0, 0.05) is 6.04 Å². The van der Waals surface area contributed by atoms with Crippen molar-refractivity contribution in [2.45, 2.75) is 45.6 Å². The second-order valence-corrected chi connectivity index (χ2v) is 5.47. The van der Waals surface area contributed by atoms with Crippen molar-refractivity contribution in [1.82, 2.24) is 5.32 Å². The molecule has 0 bridgehead atoms. The Morgan fingerprint density at radius 2 is 2.05 bits per heavy atom. The van der Waals surface area contributed by atoms with Crippen molar-refractivity contribution in [3.05, 3.63) is 29.8 Å². The molecular weight excluding hydrogens is 238 g/mol. The van der Waals surface area contributed by atoms with Gasteiger partial charge in [-0.05, 0) is 49.3 Å². The molecule has 0 saturated heterocycles. The average Bonchev–Trinajstić information content (AvgIpc) is 2.82. The molecule has 1 aliphatic rings. The van der Waals surface area contributed by atoms with E-state index in [2.05, 4.69) is 19.2 Å². The van der Waals surface area contributed by atoms with E-state index < -0.39 is 0 Å². The zero-order valence-electron chi connectivity index (χ0n) is 11.8. The third-order valence-electron chi connectivity index (χ3n) is 3.76. The van der Waals surface area contributed by atoms with E-state index >= 15 is 0 Å². The minimum atomic E-state index is -0.0151. The summed E-state index contributed by atoms with van der Waals surface area (Å²) in [6, 6.07) is 8.25. The zero-order valence-corrected chi connectivity index (χ0v) is 11.8. The SMILES string of the molecule is CCc1ccc(OCC(=O)NC2CCC(C)C2)cc1. The molecule has 0 aromatic heterocycles. The molecule has 2 atom stereocenters. The van der Waals surface area contributed by atoms with Gasteiger partial charge in [-0.25, -0.2) is 0 Å². The quantitative estimate of drug-likeness (QED) is 0.885. The van der Waals surface area contributed by atoms with E-state index in [4.69, 9.17) is 4.74 Å². The van der Waals surface area contributed by atoms with Crippen LogP contribution in [0.5, 0.6) is 5.75 Å². The van der Waals surface area contributed by atoms with Crippen molar-refractivity contribution in [2.24, 2.45) is 5.92 Å². The number of hydrogen-bond acceptors (Lipinski definition) is 2. The molecule has 0 heterocycles. The highest BCUT2D eigenvalue weighted by atomic mass is 16.5. The number of nitrogens with one attached hydrogen (secondary N) is 1. The number of benzene rings is 1. The first-order chi connectivity index (χ1) is 9.17. The van der Waals surface area contributed by atoms with Crippen LogP contribution in [-0.2, 0) is 11.2 Å². The van der Waals surface area contributed by atoms with Crippen molar-refractivity contribution in [3.63, 3.8) is 0 Å². The number of carbonyl (C=O) groups excluding carboxylic acids is 1. The van der Waals surface area contributed by atoms with Gasteiger partial charge in [0.1, 0.15) is 5.75 Å². The Labute approximate surface area is 115 Å². The van der Waals surface area contributed by atoms with Crippen LogP contribution in [0.3, 0.4) is 0 Å². The van der Waals surface area contributed by atoms with Crippen LogP contribution in [0.25, 0.3) is 0 Å². The van der Waals surface area contributed by atoms with Gasteiger partial charge in [0.25, 0.3) is 5.91 Å². The molecule has 2 rings (SSSR count). The third kappa shape index (κ3) is 4.27. The van der Waals surface area contributed by atoms with E-state index in [1.165, 1.54) is 12.0 Å². The van der Waals surface area contributed by atoms with Crippen molar-refractivity contribution < 1.29 is 9.53 Å². The fourth-order valence-electron chi connectivity index (χ4n) is 2.58. The predicted molar refractivity (Wildman–Crippen MR) is 76.3 cm³/mol. The van der Waals surface area contributed by atoms with Gasteiger partial charge in [-0.2, -0.15) is 0 Å². The van der Waals surface area contributed by atoms with Crippen molar-refractivity contribution in [3.8, 4) is 5.75 Å². The van der Waals surface area contributed by atoms with E-state index in [1.807, 2.05) is 24.3 Å². The molecule has 104 valence electrons. The van der Waals surface area contributed by atoms with Gasteiger partial charge >= 0.3 is 0 Å². The van der Waals surface area contributed by atoms with Crippen LogP contribution in [0.4, 0.5) is 0 Å². The lowest BCUT2D eigenvalue weighted by Crippen LogP contribution is -2.36. The molecule has 0 radical (unpaired) electrons. The van der Waals surface area contributed by atoms with Gasteiger partial charge in [0.05, 0.1) is 0 Å². The minimum Gasteiger partial charge on any atom is -0.484 e. The Kier molecular flexibility index (Phi) is 4.83. The Balaban J connectivity index is 1.73. The zero-order chi connectivity index (χ0) is 13.7. The van der Waals surface area contributed by atoms with Gasteiger partial charge < -0.3 is 10.1 Å². The van der Waals surface area contributed by atoms with Crippen molar-refractivity contribution >= 4 is 5.91 Å². The summed E-state index contributed by atoms with van der Waals surface area (Å²) in [4.78, 5) is 11.8. The molecule has 0 aliphatic heterocycles. The van der Waals surface area contributed by atoms with Gasteiger partial charge in [-0.15, -0.1) is 0 Å². The Bertz CT molecular complexity index is 413. The molecule has 1 aromatic rings. The summed E-state index contributed by atoms with van der Waals surface area (Å²) < 4.78 is 5.49. The van der Waals surface area contributed by atoms with Gasteiger partial charge in [-0.1, -0.05) is 26.0 Å². The summed E-state index contributed by atoms with van der Waals surface area (Å²) in [5.74, 6) is 1.47. The number of amides is 1. The smallest absolute Gasteiger partial charge is 0.258 e. The Morgan fingerprint density at radius 3 is 2.63 bits per heavy atom. The Morgan fingerprint density at radius 1 is 1.32 bits per heavy atom. The molecule has 1 aliphatic carbocycles. The van der Waals surface area contributed by atoms with Gasteiger partial charge in [-0.3, -0.25) is 4.79 Å². The van der Waals surface area contributed by atoms with E-state index in [0.717, 1.165) is 30.9 Å². The van der Waals surface area contributed by atoms with Crippen LogP contribution < -0.4 is 10.1 Å². The number of ether oxygens (including phenoxy) is 1. The summed E-state index contributed by atoms with van der Waals surface area (Å²) in [5.41, 5.74) is 1.27. The summed E-state index contributed by atoms with van der Waals surface area (Å²) in [7, 11) is 0. The van der Waals surface area contributed by atoms with Gasteiger partial charge in [0.15, 0.2) is 6.61 Å². The molecular formula is C16H23NO2. The molecule has 1 N–H and O–H groups in total. The van der Waals surface area contributed by atoms with Crippen LogP contribution in [0.1, 0.15) is 38.7 Å². The summed E-state index contributed by atoms with van der Waals surface area (Å²) in [5, 5.41) is 3.04. The number of rotatable bonds is 5. The molecule has 0 spiro atoms. The standard InChI is InChI=1S/C16H23NO2/c1-3-13-5-8-15(9-6-13)19-11-16(18)17-14-7-4-12(2)10-14/h5-6,8-9,12,14H,3-4,7,10-11H2,1-2H3,(H,17,18). The van der Waals surface area contributed by atoms with Crippen LogP contribution in [0, 0.1) is 5.92 Å². The van der Waals surface area contributed by atoms with E-state index in [1.54, 1.807) is 0 Å². The number of aryl methyl sites for hydroxylation is 1. The van der Waals surface area contributed by atoms with Crippen LogP contribution >= 0.6 is 0 Å². The second kappa shape index (κ2) is 6.60. The topological polar surface area (TPSA) is 38.3 Å². The van der Waals surface area contributed by atoms with E-state index in [9.17, 15) is 4.79 Å².